The third-order valence-electron chi connectivity index (χ3n) is 4.01. The van der Waals surface area contributed by atoms with Crippen molar-refractivity contribution in [2.24, 2.45) is 11.8 Å². The van der Waals surface area contributed by atoms with Crippen LogP contribution in [0.15, 0.2) is 0 Å². The van der Waals surface area contributed by atoms with Crippen LogP contribution >= 0.6 is 0 Å². The van der Waals surface area contributed by atoms with E-state index in [2.05, 4.69) is 31.0 Å². The minimum Gasteiger partial charge on any atom is -0.326 e. The van der Waals surface area contributed by atoms with E-state index < -0.39 is 0 Å². The molecule has 2 unspecified atom stereocenters. The van der Waals surface area contributed by atoms with Crippen LogP contribution in [0.4, 0.5) is 0 Å². The molecule has 1 saturated carbocycles. The lowest BCUT2D eigenvalue weighted by Crippen LogP contribution is -2.39. The molecule has 98 valence electrons. The highest BCUT2D eigenvalue weighted by Gasteiger charge is 2.37. The van der Waals surface area contributed by atoms with Crippen molar-refractivity contribution in [1.82, 2.24) is 10.2 Å². The van der Waals surface area contributed by atoms with Crippen LogP contribution in [-0.2, 0) is 4.79 Å². The second kappa shape index (κ2) is 5.38. The van der Waals surface area contributed by atoms with E-state index in [0.29, 0.717) is 17.9 Å². The first-order valence-corrected chi connectivity index (χ1v) is 7.15. The van der Waals surface area contributed by atoms with E-state index in [1.807, 2.05) is 0 Å². The summed E-state index contributed by atoms with van der Waals surface area (Å²) in [6.07, 6.45) is 6.04. The first-order valence-electron chi connectivity index (χ1n) is 7.15. The number of hydrogen-bond acceptors (Lipinski definition) is 2. The van der Waals surface area contributed by atoms with E-state index in [1.165, 1.54) is 19.3 Å². The first-order chi connectivity index (χ1) is 8.11. The van der Waals surface area contributed by atoms with Gasteiger partial charge in [0.2, 0.25) is 5.91 Å². The molecule has 2 rings (SSSR count). The van der Waals surface area contributed by atoms with Gasteiger partial charge in [-0.1, -0.05) is 33.6 Å². The molecule has 0 spiro atoms. The molecule has 1 aliphatic heterocycles. The van der Waals surface area contributed by atoms with Crippen LogP contribution in [0.5, 0.6) is 0 Å². The lowest BCUT2D eigenvalue weighted by Gasteiger charge is -2.26. The van der Waals surface area contributed by atoms with Gasteiger partial charge in [0.05, 0.1) is 12.7 Å². The van der Waals surface area contributed by atoms with Gasteiger partial charge in [-0.3, -0.25) is 10.1 Å². The minimum atomic E-state index is 0.0725. The van der Waals surface area contributed by atoms with E-state index in [1.54, 1.807) is 0 Å². The van der Waals surface area contributed by atoms with E-state index in [9.17, 15) is 4.79 Å². The van der Waals surface area contributed by atoms with E-state index in [0.717, 1.165) is 25.4 Å². The molecular weight excluding hydrogens is 212 g/mol. The predicted octanol–water partition coefficient (Wildman–Crippen LogP) is 2.37. The second-order valence-electron chi connectivity index (χ2n) is 6.09. The molecule has 0 aromatic heterocycles. The smallest absolute Gasteiger partial charge is 0.241 e. The highest BCUT2D eigenvalue weighted by molar-refractivity contribution is 5.84. The molecular formula is C14H26N2O. The molecule has 1 aliphatic carbocycles. The topological polar surface area (TPSA) is 32.3 Å². The Labute approximate surface area is 105 Å². The van der Waals surface area contributed by atoms with Gasteiger partial charge in [-0.15, -0.1) is 0 Å². The standard InChI is InChI=1S/C14H26N2O/c1-4-12(8-11-5-6-11)16-9-15-13(14(16)17)7-10(2)3/h10-13,15H,4-9H2,1-3H3. The average Bonchev–Trinajstić information content (AvgIpc) is 3.03. The number of amides is 1. The van der Waals surface area contributed by atoms with Gasteiger partial charge in [0.15, 0.2) is 0 Å². The molecule has 2 aliphatic rings. The van der Waals surface area contributed by atoms with Gasteiger partial charge < -0.3 is 4.90 Å². The van der Waals surface area contributed by atoms with Crippen LogP contribution in [-0.4, -0.2) is 29.6 Å². The van der Waals surface area contributed by atoms with Crippen molar-refractivity contribution in [3.8, 4) is 0 Å². The molecule has 2 atom stereocenters. The largest absolute Gasteiger partial charge is 0.326 e. The summed E-state index contributed by atoms with van der Waals surface area (Å²) in [7, 11) is 0. The summed E-state index contributed by atoms with van der Waals surface area (Å²) in [4.78, 5) is 14.4. The third kappa shape index (κ3) is 3.21. The van der Waals surface area contributed by atoms with Crippen LogP contribution in [0.2, 0.25) is 0 Å². The third-order valence-corrected chi connectivity index (χ3v) is 4.01. The van der Waals surface area contributed by atoms with Gasteiger partial charge in [0, 0.05) is 6.04 Å². The molecule has 1 heterocycles. The molecule has 1 amide bonds. The highest BCUT2D eigenvalue weighted by atomic mass is 16.2. The van der Waals surface area contributed by atoms with Crippen LogP contribution in [0, 0.1) is 11.8 Å². The summed E-state index contributed by atoms with van der Waals surface area (Å²) in [6, 6.07) is 0.544. The first kappa shape index (κ1) is 12.9. The van der Waals surface area contributed by atoms with Crippen LogP contribution in [0.25, 0.3) is 0 Å². The Morgan fingerprint density at radius 2 is 2.06 bits per heavy atom. The summed E-state index contributed by atoms with van der Waals surface area (Å²) < 4.78 is 0. The second-order valence-corrected chi connectivity index (χ2v) is 6.09. The fraction of sp³-hybridized carbons (Fsp3) is 0.929. The maximum atomic E-state index is 12.3. The highest BCUT2D eigenvalue weighted by Crippen LogP contribution is 2.36. The summed E-state index contributed by atoms with van der Waals surface area (Å²) in [5.41, 5.74) is 0. The summed E-state index contributed by atoms with van der Waals surface area (Å²) in [5.74, 6) is 1.82. The molecule has 2 fully saturated rings. The molecule has 1 saturated heterocycles. The zero-order chi connectivity index (χ0) is 12.4. The van der Waals surface area contributed by atoms with Crippen LogP contribution < -0.4 is 5.32 Å². The van der Waals surface area contributed by atoms with Gasteiger partial charge in [0.1, 0.15) is 0 Å². The molecule has 0 aromatic rings. The Bertz CT molecular complexity index is 273. The van der Waals surface area contributed by atoms with Crippen LogP contribution in [0.3, 0.4) is 0 Å². The van der Waals surface area contributed by atoms with Gasteiger partial charge in [-0.05, 0) is 31.1 Å². The summed E-state index contributed by atoms with van der Waals surface area (Å²) in [5, 5.41) is 3.37. The molecule has 0 aromatic carbocycles. The number of nitrogens with one attached hydrogen (secondary N) is 1. The number of carbonyl (C=O) groups is 1. The molecule has 1 N–H and O–H groups in total. The predicted molar refractivity (Wildman–Crippen MR) is 69.5 cm³/mol. The Morgan fingerprint density at radius 3 is 2.59 bits per heavy atom. The van der Waals surface area contributed by atoms with E-state index in [-0.39, 0.29) is 6.04 Å². The maximum absolute atomic E-state index is 12.3. The Hall–Kier alpha value is -0.570. The average molecular weight is 238 g/mol. The monoisotopic (exact) mass is 238 g/mol. The fourth-order valence-corrected chi connectivity index (χ4v) is 2.79. The van der Waals surface area contributed by atoms with Crippen molar-refractivity contribution < 1.29 is 4.79 Å². The van der Waals surface area contributed by atoms with Gasteiger partial charge in [-0.2, -0.15) is 0 Å². The van der Waals surface area contributed by atoms with E-state index in [4.69, 9.17) is 0 Å². The van der Waals surface area contributed by atoms with Crippen molar-refractivity contribution in [3.63, 3.8) is 0 Å². The van der Waals surface area contributed by atoms with Crippen LogP contribution in [0.1, 0.15) is 52.9 Å². The Balaban J connectivity index is 1.89. The molecule has 17 heavy (non-hydrogen) atoms. The number of nitrogens with zero attached hydrogens (tertiary/aromatic N) is 1. The SMILES string of the molecule is CCC(CC1CC1)N1CNC(CC(C)C)C1=O. The zero-order valence-electron chi connectivity index (χ0n) is 11.4. The summed E-state index contributed by atoms with van der Waals surface area (Å²) in [6.45, 7) is 7.33. The molecule has 3 heteroatoms. The lowest BCUT2D eigenvalue weighted by molar-refractivity contribution is -0.131. The Kier molecular flexibility index (Phi) is 4.08. The Morgan fingerprint density at radius 1 is 1.35 bits per heavy atom. The quantitative estimate of drug-likeness (QED) is 0.770. The van der Waals surface area contributed by atoms with Crippen molar-refractivity contribution in [1.29, 1.82) is 0 Å². The minimum absolute atomic E-state index is 0.0725. The van der Waals surface area contributed by atoms with Crippen molar-refractivity contribution in [2.45, 2.75) is 65.0 Å². The number of rotatable bonds is 6. The van der Waals surface area contributed by atoms with Crippen molar-refractivity contribution >= 4 is 5.91 Å². The number of carbonyl (C=O) groups excluding carboxylic acids is 1. The fourth-order valence-electron chi connectivity index (χ4n) is 2.79. The van der Waals surface area contributed by atoms with Crippen molar-refractivity contribution in [3.05, 3.63) is 0 Å². The van der Waals surface area contributed by atoms with E-state index >= 15 is 0 Å². The normalized spacial score (nSPS) is 26.9. The van der Waals surface area contributed by atoms with Gasteiger partial charge in [0.25, 0.3) is 0 Å². The molecule has 3 nitrogen and oxygen atoms in total. The van der Waals surface area contributed by atoms with Crippen molar-refractivity contribution in [2.75, 3.05) is 6.67 Å². The summed E-state index contributed by atoms with van der Waals surface area (Å²) >= 11 is 0. The molecule has 0 radical (unpaired) electrons. The molecule has 0 bridgehead atoms. The van der Waals surface area contributed by atoms with Gasteiger partial charge >= 0.3 is 0 Å². The van der Waals surface area contributed by atoms with Gasteiger partial charge in [-0.25, -0.2) is 0 Å². The lowest BCUT2D eigenvalue weighted by atomic mass is 10.0. The zero-order valence-corrected chi connectivity index (χ0v) is 11.4. The number of hydrogen-bond donors (Lipinski definition) is 1. The maximum Gasteiger partial charge on any atom is 0.241 e.